The van der Waals surface area contributed by atoms with Crippen molar-refractivity contribution in [3.05, 3.63) is 11.8 Å². The first-order valence-corrected chi connectivity index (χ1v) is 10.6. The van der Waals surface area contributed by atoms with Crippen LogP contribution in [0.1, 0.15) is 31.2 Å². The van der Waals surface area contributed by atoms with Crippen LogP contribution in [0.4, 0.5) is 11.8 Å². The summed E-state index contributed by atoms with van der Waals surface area (Å²) in [5, 5.41) is 0. The van der Waals surface area contributed by atoms with E-state index in [2.05, 4.69) is 59.7 Å². The molecule has 152 valence electrons. The van der Waals surface area contributed by atoms with E-state index in [0.29, 0.717) is 0 Å². The monoisotopic (exact) mass is 374 g/mol. The summed E-state index contributed by atoms with van der Waals surface area (Å²) in [5.74, 6) is 3.47. The SMILES string of the molecule is Cc1cnc(N(C)CC2CCN(C)CC2)nc1N(C)CC1CCN(C)CC1. The maximum atomic E-state index is 4.95. The van der Waals surface area contributed by atoms with Gasteiger partial charge in [-0.1, -0.05) is 0 Å². The van der Waals surface area contributed by atoms with Gasteiger partial charge < -0.3 is 19.6 Å². The molecular formula is C21H38N6. The lowest BCUT2D eigenvalue weighted by Crippen LogP contribution is -2.37. The van der Waals surface area contributed by atoms with Gasteiger partial charge in [0.25, 0.3) is 0 Å². The Kier molecular flexibility index (Phi) is 6.93. The number of likely N-dealkylation sites (tertiary alicyclic amines) is 2. The fourth-order valence-electron chi connectivity index (χ4n) is 4.43. The molecule has 0 atom stereocenters. The zero-order valence-electron chi connectivity index (χ0n) is 18.0. The second-order valence-corrected chi connectivity index (χ2v) is 8.93. The van der Waals surface area contributed by atoms with E-state index in [-0.39, 0.29) is 0 Å². The van der Waals surface area contributed by atoms with Crippen LogP contribution in [0.25, 0.3) is 0 Å². The molecule has 2 saturated heterocycles. The van der Waals surface area contributed by atoms with Crippen molar-refractivity contribution >= 4 is 11.8 Å². The maximum absolute atomic E-state index is 4.95. The second-order valence-electron chi connectivity index (χ2n) is 8.93. The molecule has 0 amide bonds. The number of anilines is 2. The highest BCUT2D eigenvalue weighted by atomic mass is 15.3. The summed E-state index contributed by atoms with van der Waals surface area (Å²) in [6, 6.07) is 0. The first-order chi connectivity index (χ1) is 12.9. The van der Waals surface area contributed by atoms with Crippen LogP contribution in [0.3, 0.4) is 0 Å². The number of nitrogens with zero attached hydrogens (tertiary/aromatic N) is 6. The van der Waals surface area contributed by atoms with Gasteiger partial charge in [0.15, 0.2) is 0 Å². The lowest BCUT2D eigenvalue weighted by molar-refractivity contribution is 0.222. The molecule has 0 N–H and O–H groups in total. The minimum absolute atomic E-state index is 0.747. The number of aromatic nitrogens is 2. The van der Waals surface area contributed by atoms with E-state index in [0.717, 1.165) is 36.7 Å². The van der Waals surface area contributed by atoms with Crippen LogP contribution in [0.2, 0.25) is 0 Å². The largest absolute Gasteiger partial charge is 0.359 e. The van der Waals surface area contributed by atoms with Gasteiger partial charge in [0.05, 0.1) is 0 Å². The Morgan fingerprint density at radius 3 is 1.89 bits per heavy atom. The molecule has 0 spiro atoms. The van der Waals surface area contributed by atoms with E-state index in [4.69, 9.17) is 4.98 Å². The molecule has 2 fully saturated rings. The highest BCUT2D eigenvalue weighted by molar-refractivity contribution is 5.49. The maximum Gasteiger partial charge on any atom is 0.227 e. The number of aryl methyl sites for hydroxylation is 1. The van der Waals surface area contributed by atoms with Crippen LogP contribution in [-0.4, -0.2) is 87.2 Å². The lowest BCUT2D eigenvalue weighted by Gasteiger charge is -2.33. The van der Waals surface area contributed by atoms with Crippen LogP contribution in [-0.2, 0) is 0 Å². The van der Waals surface area contributed by atoms with Crippen LogP contribution >= 0.6 is 0 Å². The smallest absolute Gasteiger partial charge is 0.227 e. The summed E-state index contributed by atoms with van der Waals surface area (Å²) in [6.45, 7) is 9.10. The van der Waals surface area contributed by atoms with Crippen molar-refractivity contribution in [2.75, 3.05) is 77.3 Å². The van der Waals surface area contributed by atoms with E-state index >= 15 is 0 Å². The third-order valence-corrected chi connectivity index (χ3v) is 6.38. The topological polar surface area (TPSA) is 38.7 Å². The first kappa shape index (κ1) is 20.3. The molecule has 0 bridgehead atoms. The molecule has 3 rings (SSSR count). The predicted octanol–water partition coefficient (Wildman–Crippen LogP) is 2.34. The molecule has 0 unspecified atom stereocenters. The summed E-state index contributed by atoms with van der Waals surface area (Å²) in [6.07, 6.45) is 7.11. The summed E-state index contributed by atoms with van der Waals surface area (Å²) in [5.41, 5.74) is 1.17. The molecule has 3 heterocycles. The van der Waals surface area contributed by atoms with E-state index in [1.54, 1.807) is 0 Å². The molecule has 1 aromatic rings. The molecule has 0 saturated carbocycles. The van der Waals surface area contributed by atoms with Gasteiger partial charge in [0.2, 0.25) is 5.95 Å². The fourth-order valence-corrected chi connectivity index (χ4v) is 4.43. The van der Waals surface area contributed by atoms with Gasteiger partial charge in [-0.25, -0.2) is 4.98 Å². The Hall–Kier alpha value is -1.40. The Labute approximate surface area is 165 Å². The van der Waals surface area contributed by atoms with Gasteiger partial charge in [-0.15, -0.1) is 0 Å². The molecule has 2 aliphatic heterocycles. The van der Waals surface area contributed by atoms with Crippen molar-refractivity contribution in [1.82, 2.24) is 19.8 Å². The highest BCUT2D eigenvalue weighted by Crippen LogP contribution is 2.24. The van der Waals surface area contributed by atoms with Crippen molar-refractivity contribution in [3.8, 4) is 0 Å². The highest BCUT2D eigenvalue weighted by Gasteiger charge is 2.22. The number of piperidine rings is 2. The summed E-state index contributed by atoms with van der Waals surface area (Å²) < 4.78 is 0. The van der Waals surface area contributed by atoms with Gasteiger partial charge in [-0.3, -0.25) is 0 Å². The van der Waals surface area contributed by atoms with Crippen LogP contribution in [0, 0.1) is 18.8 Å². The number of rotatable bonds is 6. The van der Waals surface area contributed by atoms with Gasteiger partial charge in [0, 0.05) is 38.9 Å². The average Bonchev–Trinajstić information content (AvgIpc) is 2.65. The van der Waals surface area contributed by atoms with Crippen molar-refractivity contribution in [3.63, 3.8) is 0 Å². The van der Waals surface area contributed by atoms with E-state index in [1.807, 2.05) is 6.20 Å². The molecule has 0 aromatic carbocycles. The zero-order chi connectivity index (χ0) is 19.4. The molecule has 0 aliphatic carbocycles. The molecule has 6 nitrogen and oxygen atoms in total. The van der Waals surface area contributed by atoms with Crippen LogP contribution < -0.4 is 9.80 Å². The van der Waals surface area contributed by atoms with E-state index in [1.165, 1.54) is 57.4 Å². The van der Waals surface area contributed by atoms with E-state index in [9.17, 15) is 0 Å². The predicted molar refractivity (Wildman–Crippen MR) is 114 cm³/mol. The summed E-state index contributed by atoms with van der Waals surface area (Å²) >= 11 is 0. The number of hydrogen-bond donors (Lipinski definition) is 0. The lowest BCUT2D eigenvalue weighted by atomic mass is 9.96. The van der Waals surface area contributed by atoms with Gasteiger partial charge in [-0.05, 0) is 84.7 Å². The average molecular weight is 375 g/mol. The van der Waals surface area contributed by atoms with Gasteiger partial charge in [0.1, 0.15) is 5.82 Å². The third-order valence-electron chi connectivity index (χ3n) is 6.38. The second kappa shape index (κ2) is 9.20. The normalized spacial score (nSPS) is 20.8. The zero-order valence-corrected chi connectivity index (χ0v) is 18.0. The van der Waals surface area contributed by atoms with Crippen molar-refractivity contribution in [2.45, 2.75) is 32.6 Å². The first-order valence-electron chi connectivity index (χ1n) is 10.6. The van der Waals surface area contributed by atoms with Crippen LogP contribution in [0.5, 0.6) is 0 Å². The van der Waals surface area contributed by atoms with Crippen LogP contribution in [0.15, 0.2) is 6.20 Å². The standard InChI is InChI=1S/C21H38N6/c1-17-14-22-21(27(5)16-19-8-12-25(3)13-9-19)23-20(17)26(4)15-18-6-10-24(2)11-7-18/h14,18-19H,6-13,15-16H2,1-5H3. The quantitative estimate of drug-likeness (QED) is 0.761. The van der Waals surface area contributed by atoms with Gasteiger partial charge in [-0.2, -0.15) is 4.98 Å². The third kappa shape index (κ3) is 5.55. The van der Waals surface area contributed by atoms with Crippen molar-refractivity contribution in [1.29, 1.82) is 0 Å². The fraction of sp³-hybridized carbons (Fsp3) is 0.810. The van der Waals surface area contributed by atoms with Gasteiger partial charge >= 0.3 is 0 Å². The molecule has 1 aromatic heterocycles. The Morgan fingerprint density at radius 1 is 0.889 bits per heavy atom. The van der Waals surface area contributed by atoms with Crippen molar-refractivity contribution in [2.24, 2.45) is 11.8 Å². The summed E-state index contributed by atoms with van der Waals surface area (Å²) in [4.78, 5) is 19.0. The Morgan fingerprint density at radius 2 is 1.37 bits per heavy atom. The van der Waals surface area contributed by atoms with Crippen molar-refractivity contribution < 1.29 is 0 Å². The molecule has 6 heteroatoms. The molecule has 2 aliphatic rings. The molecule has 27 heavy (non-hydrogen) atoms. The molecule has 0 radical (unpaired) electrons. The Balaban J connectivity index is 1.61. The summed E-state index contributed by atoms with van der Waals surface area (Å²) in [7, 11) is 8.77. The minimum Gasteiger partial charge on any atom is -0.359 e. The number of hydrogen-bond acceptors (Lipinski definition) is 6. The Bertz CT molecular complexity index is 590. The molecular weight excluding hydrogens is 336 g/mol. The minimum atomic E-state index is 0.747. The van der Waals surface area contributed by atoms with E-state index < -0.39 is 0 Å².